The predicted octanol–water partition coefficient (Wildman–Crippen LogP) is 3.12. The number of ether oxygens (including phenoxy) is 1. The van der Waals surface area contributed by atoms with Crippen molar-refractivity contribution in [2.24, 2.45) is 17.8 Å². The highest BCUT2D eigenvalue weighted by Gasteiger charge is 2.39. The van der Waals surface area contributed by atoms with Crippen molar-refractivity contribution in [1.29, 1.82) is 0 Å². The molecular weight excluding hydrogens is 360 g/mol. The summed E-state index contributed by atoms with van der Waals surface area (Å²) in [5.41, 5.74) is 0. The second kappa shape index (κ2) is 13.6. The number of Topliss-reactive ketones (excluding diaryl/α,β-unsaturated/α-hetero) is 1. The maximum Gasteiger partial charge on any atom is 0.303 e. The average Bonchev–Trinajstić information content (AvgIpc) is 2.91. The van der Waals surface area contributed by atoms with Crippen LogP contribution >= 0.6 is 0 Å². The first-order valence-electron chi connectivity index (χ1n) is 10.3. The summed E-state index contributed by atoms with van der Waals surface area (Å²) in [5.74, 6) is -1.23. The summed E-state index contributed by atoms with van der Waals surface area (Å²) in [6.45, 7) is 2.72. The van der Waals surface area contributed by atoms with Crippen LogP contribution in [-0.2, 0) is 14.3 Å². The van der Waals surface area contributed by atoms with Crippen molar-refractivity contribution < 1.29 is 29.6 Å². The van der Waals surface area contributed by atoms with Gasteiger partial charge in [0.1, 0.15) is 5.78 Å². The number of allylic oxidation sites excluding steroid dienone is 2. The van der Waals surface area contributed by atoms with Crippen LogP contribution in [0.4, 0.5) is 0 Å². The molecule has 1 fully saturated rings. The van der Waals surface area contributed by atoms with Gasteiger partial charge in [0.2, 0.25) is 0 Å². The number of ketones is 1. The largest absolute Gasteiger partial charge is 0.481 e. The summed E-state index contributed by atoms with van der Waals surface area (Å²) in [5, 5.41) is 29.2. The maximum atomic E-state index is 12.2. The number of hydrogen-bond donors (Lipinski definition) is 3. The number of hydrogen-bond acceptors (Lipinski definition) is 5. The minimum atomic E-state index is -0.806. The molecule has 1 saturated carbocycles. The number of methoxy groups -OCH3 is 1. The van der Waals surface area contributed by atoms with E-state index in [2.05, 4.69) is 0 Å². The lowest BCUT2D eigenvalue weighted by molar-refractivity contribution is -0.137. The van der Waals surface area contributed by atoms with Crippen LogP contribution in [0.5, 0.6) is 0 Å². The first-order valence-corrected chi connectivity index (χ1v) is 10.3. The van der Waals surface area contributed by atoms with Crippen LogP contribution < -0.4 is 0 Å². The molecule has 0 aromatic rings. The number of unbranched alkanes of at least 4 members (excludes halogenated alkanes) is 2. The topological polar surface area (TPSA) is 104 Å². The first kappa shape index (κ1) is 24.5. The number of aliphatic hydroxyl groups excluding tert-OH is 2. The van der Waals surface area contributed by atoms with E-state index < -0.39 is 18.2 Å². The van der Waals surface area contributed by atoms with E-state index in [-0.39, 0.29) is 36.4 Å². The highest BCUT2D eigenvalue weighted by molar-refractivity contribution is 5.84. The van der Waals surface area contributed by atoms with Crippen LogP contribution in [0.1, 0.15) is 58.3 Å². The standard InChI is InChI=1S/C22H36O6/c1-16(9-7-8-14-28-2)19(23)13-12-18-17(20(24)15-21(18)25)10-5-3-4-6-11-22(26)27/h3,5,12-13,16-19,21,23,25H,4,6-11,14-15H2,1-2H3,(H,26,27)/b5-3+,13-12+/t16?,17-,18?,19?,21?/m1/s1. The van der Waals surface area contributed by atoms with Gasteiger partial charge in [-0.05, 0) is 38.0 Å². The van der Waals surface area contributed by atoms with E-state index in [1.807, 2.05) is 19.1 Å². The molecule has 6 heteroatoms. The Bertz CT molecular complexity index is 527. The zero-order valence-corrected chi connectivity index (χ0v) is 17.1. The number of aliphatic hydroxyl groups is 2. The lowest BCUT2D eigenvalue weighted by Gasteiger charge is -2.19. The third-order valence-corrected chi connectivity index (χ3v) is 5.42. The monoisotopic (exact) mass is 396 g/mol. The molecule has 4 unspecified atom stereocenters. The third kappa shape index (κ3) is 9.13. The summed E-state index contributed by atoms with van der Waals surface area (Å²) in [4.78, 5) is 22.7. The molecule has 0 amide bonds. The highest BCUT2D eigenvalue weighted by Crippen LogP contribution is 2.33. The van der Waals surface area contributed by atoms with E-state index >= 15 is 0 Å². The van der Waals surface area contributed by atoms with Gasteiger partial charge in [-0.25, -0.2) is 0 Å². The molecule has 0 aromatic heterocycles. The normalized spacial score (nSPS) is 25.0. The van der Waals surface area contributed by atoms with E-state index in [0.717, 1.165) is 25.9 Å². The van der Waals surface area contributed by atoms with E-state index in [0.29, 0.717) is 19.3 Å². The van der Waals surface area contributed by atoms with Crippen LogP contribution in [0.15, 0.2) is 24.3 Å². The van der Waals surface area contributed by atoms with Gasteiger partial charge in [-0.2, -0.15) is 0 Å². The Morgan fingerprint density at radius 2 is 2.04 bits per heavy atom. The molecule has 0 heterocycles. The SMILES string of the molecule is COCCCCC(C)C(O)/C=C/C1C(O)CC(=O)[C@@H]1C/C=C/CCCC(=O)O. The Morgan fingerprint density at radius 1 is 1.29 bits per heavy atom. The van der Waals surface area contributed by atoms with Crippen molar-refractivity contribution in [2.75, 3.05) is 13.7 Å². The van der Waals surface area contributed by atoms with E-state index in [9.17, 15) is 19.8 Å². The second-order valence-corrected chi connectivity index (χ2v) is 7.76. The second-order valence-electron chi connectivity index (χ2n) is 7.76. The summed E-state index contributed by atoms with van der Waals surface area (Å²) in [7, 11) is 1.68. The number of carbonyl (C=O) groups is 2. The Kier molecular flexibility index (Phi) is 12.0. The summed E-state index contributed by atoms with van der Waals surface area (Å²) in [6.07, 6.45) is 10.9. The Labute approximate surface area is 168 Å². The van der Waals surface area contributed by atoms with Gasteiger partial charge in [-0.1, -0.05) is 37.6 Å². The molecule has 0 aliphatic heterocycles. The van der Waals surface area contributed by atoms with Crippen molar-refractivity contribution in [1.82, 2.24) is 0 Å². The molecule has 5 atom stereocenters. The molecule has 0 spiro atoms. The van der Waals surface area contributed by atoms with Gasteiger partial charge >= 0.3 is 5.97 Å². The highest BCUT2D eigenvalue weighted by atomic mass is 16.5. The lowest BCUT2D eigenvalue weighted by atomic mass is 9.89. The van der Waals surface area contributed by atoms with E-state index in [1.165, 1.54) is 0 Å². The minimum Gasteiger partial charge on any atom is -0.481 e. The maximum absolute atomic E-state index is 12.2. The fraction of sp³-hybridized carbons (Fsp3) is 0.727. The number of carbonyl (C=O) groups excluding carboxylic acids is 1. The third-order valence-electron chi connectivity index (χ3n) is 5.42. The van der Waals surface area contributed by atoms with Crippen molar-refractivity contribution in [3.63, 3.8) is 0 Å². The molecule has 1 aliphatic rings. The fourth-order valence-corrected chi connectivity index (χ4v) is 3.57. The van der Waals surface area contributed by atoms with E-state index in [4.69, 9.17) is 9.84 Å². The lowest BCUT2D eigenvalue weighted by Crippen LogP contribution is -2.20. The molecule has 6 nitrogen and oxygen atoms in total. The molecule has 28 heavy (non-hydrogen) atoms. The van der Waals surface area contributed by atoms with Gasteiger partial charge in [0.15, 0.2) is 0 Å². The van der Waals surface area contributed by atoms with E-state index in [1.54, 1.807) is 19.3 Å². The Hall–Kier alpha value is -1.50. The average molecular weight is 397 g/mol. The van der Waals surface area contributed by atoms with Crippen molar-refractivity contribution >= 4 is 11.8 Å². The van der Waals surface area contributed by atoms with Gasteiger partial charge in [0.05, 0.1) is 12.2 Å². The molecule has 0 radical (unpaired) electrons. The van der Waals surface area contributed by atoms with Crippen LogP contribution in [0.25, 0.3) is 0 Å². The molecule has 0 bridgehead atoms. The number of aliphatic carboxylic acids is 1. The number of carboxylic acid groups (broad SMARTS) is 1. The summed E-state index contributed by atoms with van der Waals surface area (Å²) < 4.78 is 5.03. The fourth-order valence-electron chi connectivity index (χ4n) is 3.57. The molecule has 0 saturated heterocycles. The number of carboxylic acids is 1. The minimum absolute atomic E-state index is 0.0411. The van der Waals surface area contributed by atoms with Gasteiger partial charge < -0.3 is 20.1 Å². The molecular formula is C22H36O6. The smallest absolute Gasteiger partial charge is 0.303 e. The molecule has 0 aromatic carbocycles. The van der Waals surface area contributed by atoms with Crippen LogP contribution in [0, 0.1) is 17.8 Å². The van der Waals surface area contributed by atoms with Crippen LogP contribution in [0.2, 0.25) is 0 Å². The zero-order valence-electron chi connectivity index (χ0n) is 17.1. The van der Waals surface area contributed by atoms with Gasteiger partial charge in [-0.3, -0.25) is 9.59 Å². The van der Waals surface area contributed by atoms with Crippen molar-refractivity contribution in [3.05, 3.63) is 24.3 Å². The first-order chi connectivity index (χ1) is 13.4. The molecule has 3 N–H and O–H groups in total. The van der Waals surface area contributed by atoms with Gasteiger partial charge in [0.25, 0.3) is 0 Å². The van der Waals surface area contributed by atoms with Gasteiger partial charge in [0, 0.05) is 38.4 Å². The zero-order chi connectivity index (χ0) is 20.9. The molecule has 1 rings (SSSR count). The van der Waals surface area contributed by atoms with Crippen molar-refractivity contribution in [2.45, 2.75) is 70.5 Å². The summed E-state index contributed by atoms with van der Waals surface area (Å²) in [6, 6.07) is 0. The van der Waals surface area contributed by atoms with Crippen LogP contribution in [-0.4, -0.2) is 53.0 Å². The predicted molar refractivity (Wildman–Crippen MR) is 108 cm³/mol. The molecule has 1 aliphatic carbocycles. The van der Waals surface area contributed by atoms with Crippen molar-refractivity contribution in [3.8, 4) is 0 Å². The Morgan fingerprint density at radius 3 is 2.71 bits per heavy atom. The quantitative estimate of drug-likeness (QED) is 0.308. The van der Waals surface area contributed by atoms with Gasteiger partial charge in [-0.15, -0.1) is 0 Å². The summed E-state index contributed by atoms with van der Waals surface area (Å²) >= 11 is 0. The number of rotatable bonds is 14. The Balaban J connectivity index is 2.50. The molecule has 160 valence electrons. The van der Waals surface area contributed by atoms with Crippen LogP contribution in [0.3, 0.4) is 0 Å².